The van der Waals surface area contributed by atoms with Crippen LogP contribution in [0.4, 0.5) is 27.8 Å². The molecule has 0 fully saturated rings. The number of aliphatic hydroxyl groups is 1. The van der Waals surface area contributed by atoms with Crippen molar-refractivity contribution in [1.29, 1.82) is 0 Å². The maximum atomic E-state index is 12.3. The van der Waals surface area contributed by atoms with Gasteiger partial charge in [-0.1, -0.05) is 24.3 Å². The van der Waals surface area contributed by atoms with E-state index in [4.69, 9.17) is 4.84 Å². The number of anilines is 4. The SMILES string of the molecule is CON(C)CC(O)Cn1cc(NC(=O)Nc2cccc(Nc3ccccc3)n2)cn1. The van der Waals surface area contributed by atoms with Crippen LogP contribution in [0.1, 0.15) is 0 Å². The van der Waals surface area contributed by atoms with Crippen LogP contribution in [0.3, 0.4) is 0 Å². The standard InChI is InChI=1S/C20H25N7O3/c1-26(30-2)13-17(28)14-27-12-16(11-21-27)23-20(29)25-19-10-6-9-18(24-19)22-15-7-4-3-5-8-15/h3-12,17,28H,13-14H2,1-2H3,(H3,22,23,24,25,29). The van der Waals surface area contributed by atoms with Crippen LogP contribution in [-0.2, 0) is 11.4 Å². The first-order chi connectivity index (χ1) is 14.5. The van der Waals surface area contributed by atoms with E-state index in [1.165, 1.54) is 18.4 Å². The highest BCUT2D eigenvalue weighted by Gasteiger charge is 2.11. The molecule has 2 amide bonds. The number of pyridine rings is 1. The Kier molecular flexibility index (Phi) is 7.33. The molecule has 4 N–H and O–H groups in total. The van der Waals surface area contributed by atoms with Crippen molar-refractivity contribution in [3.8, 4) is 0 Å². The molecule has 2 aromatic heterocycles. The number of nitrogens with one attached hydrogen (secondary N) is 3. The van der Waals surface area contributed by atoms with Crippen molar-refractivity contribution in [2.45, 2.75) is 12.6 Å². The van der Waals surface area contributed by atoms with Crippen molar-refractivity contribution in [2.24, 2.45) is 0 Å². The number of nitrogens with zero attached hydrogens (tertiary/aromatic N) is 4. The number of benzene rings is 1. The summed E-state index contributed by atoms with van der Waals surface area (Å²) in [5.74, 6) is 1.01. The Morgan fingerprint density at radius 2 is 1.90 bits per heavy atom. The van der Waals surface area contributed by atoms with Gasteiger partial charge in [0.15, 0.2) is 0 Å². The Morgan fingerprint density at radius 1 is 1.13 bits per heavy atom. The number of para-hydroxylation sites is 1. The summed E-state index contributed by atoms with van der Waals surface area (Å²) < 4.78 is 1.55. The molecule has 3 rings (SSSR count). The molecule has 1 unspecified atom stereocenters. The van der Waals surface area contributed by atoms with Crippen LogP contribution in [0.2, 0.25) is 0 Å². The number of hydrogen-bond donors (Lipinski definition) is 4. The summed E-state index contributed by atoms with van der Waals surface area (Å²) in [7, 11) is 3.26. The number of hydrogen-bond acceptors (Lipinski definition) is 7. The number of likely N-dealkylation sites (N-methyl/N-ethyl adjacent to an activating group) is 1. The lowest BCUT2D eigenvalue weighted by Crippen LogP contribution is -2.31. The van der Waals surface area contributed by atoms with Crippen molar-refractivity contribution in [3.63, 3.8) is 0 Å². The fraction of sp³-hybridized carbons (Fsp3) is 0.250. The van der Waals surface area contributed by atoms with Gasteiger partial charge in [0, 0.05) is 18.9 Å². The molecule has 0 aliphatic rings. The van der Waals surface area contributed by atoms with E-state index < -0.39 is 12.1 Å². The highest BCUT2D eigenvalue weighted by molar-refractivity contribution is 5.99. The molecule has 0 aliphatic heterocycles. The van der Waals surface area contributed by atoms with Gasteiger partial charge in [0.25, 0.3) is 0 Å². The first kappa shape index (κ1) is 21.2. The average molecular weight is 411 g/mol. The van der Waals surface area contributed by atoms with Crippen LogP contribution in [0.25, 0.3) is 0 Å². The Morgan fingerprint density at radius 3 is 2.67 bits per heavy atom. The van der Waals surface area contributed by atoms with Crippen molar-refractivity contribution < 1.29 is 14.7 Å². The quantitative estimate of drug-likeness (QED) is 0.400. The van der Waals surface area contributed by atoms with Crippen molar-refractivity contribution in [2.75, 3.05) is 36.7 Å². The lowest BCUT2D eigenvalue weighted by molar-refractivity contribution is -0.129. The van der Waals surface area contributed by atoms with Gasteiger partial charge in [-0.15, -0.1) is 0 Å². The maximum Gasteiger partial charge on any atom is 0.324 e. The van der Waals surface area contributed by atoms with E-state index in [0.29, 0.717) is 23.9 Å². The number of amides is 2. The molecule has 1 aromatic carbocycles. The Hall–Kier alpha value is -3.47. The van der Waals surface area contributed by atoms with E-state index in [0.717, 1.165) is 5.69 Å². The van der Waals surface area contributed by atoms with Gasteiger partial charge in [-0.3, -0.25) is 10.00 Å². The molecule has 0 saturated heterocycles. The molecule has 0 saturated carbocycles. The van der Waals surface area contributed by atoms with Gasteiger partial charge in [0.05, 0.1) is 38.2 Å². The molecule has 1 atom stereocenters. The van der Waals surface area contributed by atoms with Crippen molar-refractivity contribution in [3.05, 3.63) is 60.9 Å². The fourth-order valence-electron chi connectivity index (χ4n) is 2.69. The van der Waals surface area contributed by atoms with Crippen LogP contribution in [-0.4, -0.2) is 57.8 Å². The number of aromatic nitrogens is 3. The molecular weight excluding hydrogens is 386 g/mol. The molecule has 0 radical (unpaired) electrons. The number of urea groups is 1. The summed E-state index contributed by atoms with van der Waals surface area (Å²) in [5, 5.41) is 24.2. The van der Waals surface area contributed by atoms with Crippen LogP contribution >= 0.6 is 0 Å². The second-order valence-corrected chi connectivity index (χ2v) is 6.58. The molecule has 0 spiro atoms. The minimum Gasteiger partial charge on any atom is -0.390 e. The number of rotatable bonds is 9. The third kappa shape index (κ3) is 6.55. The Labute approximate surface area is 174 Å². The molecule has 30 heavy (non-hydrogen) atoms. The van der Waals surface area contributed by atoms with E-state index in [2.05, 4.69) is 26.0 Å². The van der Waals surface area contributed by atoms with Crippen molar-refractivity contribution >= 4 is 29.0 Å². The van der Waals surface area contributed by atoms with Crippen LogP contribution in [0.5, 0.6) is 0 Å². The number of carbonyl (C=O) groups is 1. The summed E-state index contributed by atoms with van der Waals surface area (Å²) in [6.07, 6.45) is 2.48. The number of carbonyl (C=O) groups excluding carboxylic acids is 1. The maximum absolute atomic E-state index is 12.3. The highest BCUT2D eigenvalue weighted by Crippen LogP contribution is 2.16. The van der Waals surface area contributed by atoms with E-state index in [1.807, 2.05) is 36.4 Å². The van der Waals surface area contributed by atoms with Gasteiger partial charge < -0.3 is 20.6 Å². The fourth-order valence-corrected chi connectivity index (χ4v) is 2.69. The third-order valence-corrected chi connectivity index (χ3v) is 4.11. The zero-order valence-electron chi connectivity index (χ0n) is 16.8. The van der Waals surface area contributed by atoms with Crippen LogP contribution < -0.4 is 16.0 Å². The van der Waals surface area contributed by atoms with Gasteiger partial charge in [-0.2, -0.15) is 10.2 Å². The summed E-state index contributed by atoms with van der Waals surface area (Å²) in [4.78, 5) is 21.6. The summed E-state index contributed by atoms with van der Waals surface area (Å²) >= 11 is 0. The highest BCUT2D eigenvalue weighted by atomic mass is 16.7. The normalized spacial score (nSPS) is 11.9. The molecule has 0 bridgehead atoms. The molecule has 3 aromatic rings. The first-order valence-corrected chi connectivity index (χ1v) is 9.34. The lowest BCUT2D eigenvalue weighted by atomic mass is 10.3. The second-order valence-electron chi connectivity index (χ2n) is 6.58. The molecule has 10 nitrogen and oxygen atoms in total. The summed E-state index contributed by atoms with van der Waals surface area (Å²) in [6.45, 7) is 0.602. The summed E-state index contributed by atoms with van der Waals surface area (Å²) in [5.41, 5.74) is 1.40. The lowest BCUT2D eigenvalue weighted by Gasteiger charge is -2.17. The topological polar surface area (TPSA) is 117 Å². The molecule has 158 valence electrons. The molecule has 10 heteroatoms. The van der Waals surface area contributed by atoms with Gasteiger partial charge in [0.1, 0.15) is 11.6 Å². The zero-order valence-corrected chi connectivity index (χ0v) is 16.8. The minimum absolute atomic E-state index is 0.270. The first-order valence-electron chi connectivity index (χ1n) is 9.34. The predicted molar refractivity (Wildman–Crippen MR) is 114 cm³/mol. The van der Waals surface area contributed by atoms with Crippen LogP contribution in [0, 0.1) is 0 Å². The minimum atomic E-state index is -0.666. The molecular formula is C20H25N7O3. The Balaban J connectivity index is 1.52. The van der Waals surface area contributed by atoms with E-state index in [-0.39, 0.29) is 6.54 Å². The molecule has 0 aliphatic carbocycles. The van der Waals surface area contributed by atoms with E-state index in [1.54, 1.807) is 30.1 Å². The van der Waals surface area contributed by atoms with Gasteiger partial charge >= 0.3 is 6.03 Å². The van der Waals surface area contributed by atoms with Gasteiger partial charge in [-0.05, 0) is 24.3 Å². The van der Waals surface area contributed by atoms with E-state index >= 15 is 0 Å². The number of hydroxylamine groups is 2. The van der Waals surface area contributed by atoms with E-state index in [9.17, 15) is 9.90 Å². The van der Waals surface area contributed by atoms with Crippen molar-refractivity contribution in [1.82, 2.24) is 19.8 Å². The smallest absolute Gasteiger partial charge is 0.324 e. The predicted octanol–water partition coefficient (Wildman–Crippen LogP) is 2.52. The average Bonchev–Trinajstić information content (AvgIpc) is 3.15. The van der Waals surface area contributed by atoms with Gasteiger partial charge in [-0.25, -0.2) is 9.78 Å². The second kappa shape index (κ2) is 10.3. The van der Waals surface area contributed by atoms with Gasteiger partial charge in [0.2, 0.25) is 0 Å². The zero-order chi connectivity index (χ0) is 21.3. The largest absolute Gasteiger partial charge is 0.390 e. The summed E-state index contributed by atoms with van der Waals surface area (Å²) in [6, 6.07) is 14.5. The Bertz CT molecular complexity index is 948. The van der Waals surface area contributed by atoms with Crippen LogP contribution in [0.15, 0.2) is 60.9 Å². The monoisotopic (exact) mass is 411 g/mol. The molecule has 2 heterocycles. The third-order valence-electron chi connectivity index (χ3n) is 4.11. The number of aliphatic hydroxyl groups excluding tert-OH is 1.